The van der Waals surface area contributed by atoms with Crippen LogP contribution in [0.1, 0.15) is 30.6 Å². The molecule has 4 nitrogen and oxygen atoms in total. The van der Waals surface area contributed by atoms with Crippen molar-refractivity contribution in [3.8, 4) is 0 Å². The smallest absolute Gasteiger partial charge is 0.305 e. The van der Waals surface area contributed by atoms with E-state index in [9.17, 15) is 9.59 Å². The van der Waals surface area contributed by atoms with Crippen LogP contribution in [0.3, 0.4) is 0 Å². The van der Waals surface area contributed by atoms with Crippen molar-refractivity contribution in [2.75, 3.05) is 0 Å². The number of benzene rings is 1. The number of carbonyl (C=O) groups excluding carboxylic acids is 1. The number of aliphatic carboxylic acids is 1. The Morgan fingerprint density at radius 3 is 2.65 bits per heavy atom. The number of carbonyl (C=O) groups is 2. The molecule has 5 heteroatoms. The lowest BCUT2D eigenvalue weighted by atomic mass is 10.0. The van der Waals surface area contributed by atoms with Crippen molar-refractivity contribution in [1.82, 2.24) is 5.32 Å². The minimum absolute atomic E-state index is 0.0640. The Morgan fingerprint density at radius 1 is 1.30 bits per heavy atom. The standard InChI is InChI=1S/C15H17NO3S/c1-9(2)12(7-14(17)18)16-15(19)11-8-20-13-6-4-3-5-10(11)13/h3-6,8-9,12H,7H2,1-2H3,(H,16,19)(H,17,18). The lowest BCUT2D eigenvalue weighted by Crippen LogP contribution is -2.40. The molecule has 20 heavy (non-hydrogen) atoms. The highest BCUT2D eigenvalue weighted by Crippen LogP contribution is 2.25. The van der Waals surface area contributed by atoms with E-state index in [-0.39, 0.29) is 24.3 Å². The molecule has 0 fully saturated rings. The number of nitrogens with one attached hydrogen (secondary N) is 1. The van der Waals surface area contributed by atoms with Crippen molar-refractivity contribution in [2.24, 2.45) is 5.92 Å². The van der Waals surface area contributed by atoms with Gasteiger partial charge in [0.25, 0.3) is 5.91 Å². The zero-order chi connectivity index (χ0) is 14.7. The average Bonchev–Trinajstić information content (AvgIpc) is 2.81. The van der Waals surface area contributed by atoms with E-state index in [2.05, 4.69) is 5.32 Å². The van der Waals surface area contributed by atoms with Gasteiger partial charge in [-0.3, -0.25) is 9.59 Å². The molecular weight excluding hydrogens is 274 g/mol. The zero-order valence-electron chi connectivity index (χ0n) is 11.4. The molecule has 0 saturated heterocycles. The second-order valence-electron chi connectivity index (χ2n) is 5.07. The Morgan fingerprint density at radius 2 is 2.00 bits per heavy atom. The van der Waals surface area contributed by atoms with Gasteiger partial charge in [-0.2, -0.15) is 0 Å². The topological polar surface area (TPSA) is 66.4 Å². The van der Waals surface area contributed by atoms with Crippen LogP contribution in [0.25, 0.3) is 10.1 Å². The molecule has 0 aliphatic rings. The van der Waals surface area contributed by atoms with Crippen LogP contribution in [0.5, 0.6) is 0 Å². The Kier molecular flexibility index (Phi) is 4.39. The van der Waals surface area contributed by atoms with E-state index in [1.807, 2.05) is 43.5 Å². The Labute approximate surface area is 121 Å². The first-order valence-electron chi connectivity index (χ1n) is 6.48. The minimum atomic E-state index is -0.904. The summed E-state index contributed by atoms with van der Waals surface area (Å²) in [6.07, 6.45) is -0.0640. The lowest BCUT2D eigenvalue weighted by molar-refractivity contribution is -0.137. The summed E-state index contributed by atoms with van der Waals surface area (Å²) in [5.74, 6) is -1.04. The van der Waals surface area contributed by atoms with Gasteiger partial charge in [-0.15, -0.1) is 11.3 Å². The number of carboxylic acid groups (broad SMARTS) is 1. The molecule has 2 rings (SSSR count). The summed E-state index contributed by atoms with van der Waals surface area (Å²) in [5.41, 5.74) is 0.613. The molecule has 1 heterocycles. The van der Waals surface area contributed by atoms with Crippen molar-refractivity contribution in [2.45, 2.75) is 26.3 Å². The van der Waals surface area contributed by atoms with Crippen LogP contribution in [-0.2, 0) is 4.79 Å². The molecule has 1 amide bonds. The molecule has 2 N–H and O–H groups in total. The molecule has 0 spiro atoms. The minimum Gasteiger partial charge on any atom is -0.481 e. The first-order valence-corrected chi connectivity index (χ1v) is 7.36. The molecule has 1 aromatic carbocycles. The first kappa shape index (κ1) is 14.5. The predicted octanol–water partition coefficient (Wildman–Crippen LogP) is 3.13. The summed E-state index contributed by atoms with van der Waals surface area (Å²) < 4.78 is 1.05. The molecule has 106 valence electrons. The summed E-state index contributed by atoms with van der Waals surface area (Å²) in [6.45, 7) is 3.80. The van der Waals surface area contributed by atoms with Gasteiger partial charge < -0.3 is 10.4 Å². The van der Waals surface area contributed by atoms with Gasteiger partial charge in [0.15, 0.2) is 0 Å². The molecular formula is C15H17NO3S. The molecule has 0 radical (unpaired) electrons. The molecule has 0 bridgehead atoms. The number of hydrogen-bond donors (Lipinski definition) is 2. The first-order chi connectivity index (χ1) is 9.49. The Bertz CT molecular complexity index is 633. The van der Waals surface area contributed by atoms with Gasteiger partial charge >= 0.3 is 5.97 Å². The van der Waals surface area contributed by atoms with Gasteiger partial charge in [-0.25, -0.2) is 0 Å². The normalized spacial score (nSPS) is 12.6. The SMILES string of the molecule is CC(C)C(CC(=O)O)NC(=O)c1csc2ccccc12. The highest BCUT2D eigenvalue weighted by Gasteiger charge is 2.21. The summed E-state index contributed by atoms with van der Waals surface area (Å²) in [5, 5.41) is 14.5. The maximum Gasteiger partial charge on any atom is 0.305 e. The quantitative estimate of drug-likeness (QED) is 0.889. The van der Waals surface area contributed by atoms with E-state index in [1.54, 1.807) is 0 Å². The zero-order valence-corrected chi connectivity index (χ0v) is 12.2. The van der Waals surface area contributed by atoms with Crippen LogP contribution >= 0.6 is 11.3 Å². The van der Waals surface area contributed by atoms with E-state index >= 15 is 0 Å². The number of thiophene rings is 1. The highest BCUT2D eigenvalue weighted by atomic mass is 32.1. The van der Waals surface area contributed by atoms with Crippen molar-refractivity contribution in [3.63, 3.8) is 0 Å². The molecule has 1 atom stereocenters. The largest absolute Gasteiger partial charge is 0.481 e. The van der Waals surface area contributed by atoms with E-state index < -0.39 is 5.97 Å². The fourth-order valence-electron chi connectivity index (χ4n) is 2.04. The van der Waals surface area contributed by atoms with Gasteiger partial charge in [0.05, 0.1) is 12.0 Å². The van der Waals surface area contributed by atoms with Crippen molar-refractivity contribution < 1.29 is 14.7 Å². The monoisotopic (exact) mass is 291 g/mol. The maximum atomic E-state index is 12.3. The van der Waals surface area contributed by atoms with Crippen LogP contribution in [0.2, 0.25) is 0 Å². The fourth-order valence-corrected chi connectivity index (χ4v) is 2.98. The molecule has 0 saturated carbocycles. The average molecular weight is 291 g/mol. The molecule has 1 aromatic heterocycles. The van der Waals surface area contributed by atoms with Gasteiger partial charge in [-0.05, 0) is 12.0 Å². The van der Waals surface area contributed by atoms with Crippen molar-refractivity contribution in [1.29, 1.82) is 0 Å². The van der Waals surface area contributed by atoms with Crippen LogP contribution < -0.4 is 5.32 Å². The van der Waals surface area contributed by atoms with E-state index in [1.165, 1.54) is 11.3 Å². The third-order valence-electron chi connectivity index (χ3n) is 3.24. The summed E-state index contributed by atoms with van der Waals surface area (Å²) in [7, 11) is 0. The van der Waals surface area contributed by atoms with Gasteiger partial charge in [0, 0.05) is 21.5 Å². The van der Waals surface area contributed by atoms with Crippen molar-refractivity contribution >= 4 is 33.3 Å². The van der Waals surface area contributed by atoms with Crippen LogP contribution in [-0.4, -0.2) is 23.0 Å². The number of amides is 1. The number of carboxylic acids is 1. The third kappa shape index (κ3) is 3.17. The Balaban J connectivity index is 2.20. The second-order valence-corrected chi connectivity index (χ2v) is 5.98. The lowest BCUT2D eigenvalue weighted by Gasteiger charge is -2.20. The van der Waals surface area contributed by atoms with Gasteiger partial charge in [0.1, 0.15) is 0 Å². The highest BCUT2D eigenvalue weighted by molar-refractivity contribution is 7.17. The molecule has 2 aromatic rings. The van der Waals surface area contributed by atoms with Gasteiger partial charge in [-0.1, -0.05) is 32.0 Å². The van der Waals surface area contributed by atoms with Crippen LogP contribution in [0.15, 0.2) is 29.6 Å². The summed E-state index contributed by atoms with van der Waals surface area (Å²) in [4.78, 5) is 23.2. The molecule has 1 unspecified atom stereocenters. The van der Waals surface area contributed by atoms with E-state index in [0.717, 1.165) is 10.1 Å². The number of rotatable bonds is 5. The van der Waals surface area contributed by atoms with Crippen molar-refractivity contribution in [3.05, 3.63) is 35.2 Å². The molecule has 0 aliphatic carbocycles. The number of fused-ring (bicyclic) bond motifs is 1. The maximum absolute atomic E-state index is 12.3. The molecule has 0 aliphatic heterocycles. The Hall–Kier alpha value is -1.88. The van der Waals surface area contributed by atoms with Gasteiger partial charge in [0.2, 0.25) is 0 Å². The van der Waals surface area contributed by atoms with E-state index in [4.69, 9.17) is 5.11 Å². The summed E-state index contributed by atoms with van der Waals surface area (Å²) in [6, 6.07) is 7.33. The van der Waals surface area contributed by atoms with Crippen LogP contribution in [0.4, 0.5) is 0 Å². The summed E-state index contributed by atoms with van der Waals surface area (Å²) >= 11 is 1.51. The van der Waals surface area contributed by atoms with E-state index in [0.29, 0.717) is 5.56 Å². The third-order valence-corrected chi connectivity index (χ3v) is 4.20. The van der Waals surface area contributed by atoms with Crippen LogP contribution in [0, 0.1) is 5.92 Å². The fraction of sp³-hybridized carbons (Fsp3) is 0.333. The number of hydrogen-bond acceptors (Lipinski definition) is 3. The second kappa shape index (κ2) is 6.05. The predicted molar refractivity (Wildman–Crippen MR) is 80.2 cm³/mol.